The minimum atomic E-state index is -4.16. The van der Waals surface area contributed by atoms with Gasteiger partial charge in [0.25, 0.3) is 0 Å². The molecule has 8 heteroatoms. The number of ether oxygens (including phenoxy) is 1. The molecule has 0 saturated carbocycles. The molecule has 1 heterocycles. The number of hydrogen-bond donors (Lipinski definition) is 1. The lowest BCUT2D eigenvalue weighted by Crippen LogP contribution is -2.45. The summed E-state index contributed by atoms with van der Waals surface area (Å²) in [5.41, 5.74) is 1.86. The molecule has 3 nitrogen and oxygen atoms in total. The summed E-state index contributed by atoms with van der Waals surface area (Å²) in [6.45, 7) is 3.43. The standard InChI is InChI=1S/C21H25F3N2O.2ClH/c22-21(23,24)11-10-19(26-14-12-25-13-15-26)18-8-4-5-9-20(18)27-16-17-6-2-1-3-7-17;;/h1-9,19,25H,10-16H2;2*1H/t19-;;/m1../s1. The van der Waals surface area contributed by atoms with Crippen LogP contribution in [0.2, 0.25) is 0 Å². The lowest BCUT2D eigenvalue weighted by molar-refractivity contribution is -0.138. The topological polar surface area (TPSA) is 24.5 Å². The van der Waals surface area contributed by atoms with Crippen molar-refractivity contribution in [1.82, 2.24) is 10.2 Å². The summed E-state index contributed by atoms with van der Waals surface area (Å²) in [4.78, 5) is 2.13. The van der Waals surface area contributed by atoms with Crippen molar-refractivity contribution in [3.05, 3.63) is 65.7 Å². The fourth-order valence-corrected chi connectivity index (χ4v) is 3.45. The van der Waals surface area contributed by atoms with Crippen molar-refractivity contribution in [2.45, 2.75) is 31.7 Å². The van der Waals surface area contributed by atoms with Crippen LogP contribution in [0.25, 0.3) is 0 Å². The van der Waals surface area contributed by atoms with Crippen molar-refractivity contribution in [3.63, 3.8) is 0 Å². The van der Waals surface area contributed by atoms with Crippen LogP contribution < -0.4 is 10.1 Å². The first-order chi connectivity index (χ1) is 13.0. The molecule has 162 valence electrons. The van der Waals surface area contributed by atoms with Crippen LogP contribution in [0.15, 0.2) is 54.6 Å². The molecular formula is C21H27Cl2F3N2O. The second-order valence-electron chi connectivity index (χ2n) is 6.77. The fraction of sp³-hybridized carbons (Fsp3) is 0.429. The van der Waals surface area contributed by atoms with Gasteiger partial charge in [-0.15, -0.1) is 24.8 Å². The molecule has 0 amide bonds. The first-order valence-corrected chi connectivity index (χ1v) is 9.30. The quantitative estimate of drug-likeness (QED) is 0.611. The Bertz CT molecular complexity index is 711. The van der Waals surface area contributed by atoms with E-state index in [1.807, 2.05) is 54.6 Å². The fourth-order valence-electron chi connectivity index (χ4n) is 3.45. The summed E-state index contributed by atoms with van der Waals surface area (Å²) in [6.07, 6.45) is -4.92. The van der Waals surface area contributed by atoms with E-state index in [0.29, 0.717) is 12.4 Å². The van der Waals surface area contributed by atoms with Gasteiger partial charge in [0.2, 0.25) is 0 Å². The van der Waals surface area contributed by atoms with E-state index < -0.39 is 12.6 Å². The van der Waals surface area contributed by atoms with Gasteiger partial charge in [0, 0.05) is 44.2 Å². The second kappa shape index (κ2) is 12.3. The maximum Gasteiger partial charge on any atom is 0.389 e. The van der Waals surface area contributed by atoms with E-state index in [1.54, 1.807) is 0 Å². The highest BCUT2D eigenvalue weighted by molar-refractivity contribution is 5.85. The van der Waals surface area contributed by atoms with E-state index in [9.17, 15) is 13.2 Å². The van der Waals surface area contributed by atoms with Gasteiger partial charge in [-0.2, -0.15) is 13.2 Å². The van der Waals surface area contributed by atoms with Gasteiger partial charge in [-0.25, -0.2) is 0 Å². The van der Waals surface area contributed by atoms with Crippen molar-refractivity contribution in [2.24, 2.45) is 0 Å². The molecule has 0 aliphatic carbocycles. The van der Waals surface area contributed by atoms with Crippen LogP contribution in [0, 0.1) is 0 Å². The number of rotatable bonds is 7. The maximum atomic E-state index is 12.9. The first-order valence-electron chi connectivity index (χ1n) is 9.30. The van der Waals surface area contributed by atoms with Crippen molar-refractivity contribution in [2.75, 3.05) is 26.2 Å². The second-order valence-corrected chi connectivity index (χ2v) is 6.77. The Morgan fingerprint density at radius 2 is 1.55 bits per heavy atom. The Labute approximate surface area is 182 Å². The zero-order valence-corrected chi connectivity index (χ0v) is 17.7. The molecule has 1 N–H and O–H groups in total. The lowest BCUT2D eigenvalue weighted by Gasteiger charge is -2.36. The van der Waals surface area contributed by atoms with Crippen molar-refractivity contribution < 1.29 is 17.9 Å². The molecule has 3 rings (SSSR count). The van der Waals surface area contributed by atoms with Gasteiger partial charge in [0.1, 0.15) is 12.4 Å². The monoisotopic (exact) mass is 450 g/mol. The van der Waals surface area contributed by atoms with Crippen molar-refractivity contribution in [1.29, 1.82) is 0 Å². The third-order valence-corrected chi connectivity index (χ3v) is 4.81. The van der Waals surface area contributed by atoms with Gasteiger partial charge < -0.3 is 10.1 Å². The van der Waals surface area contributed by atoms with Gasteiger partial charge in [-0.3, -0.25) is 4.90 Å². The van der Waals surface area contributed by atoms with Gasteiger partial charge in [-0.1, -0.05) is 48.5 Å². The zero-order valence-electron chi connectivity index (χ0n) is 16.0. The number of halogens is 5. The molecule has 0 bridgehead atoms. The van der Waals surface area contributed by atoms with Gasteiger partial charge in [0.15, 0.2) is 0 Å². The Balaban J connectivity index is 0.00000210. The van der Waals surface area contributed by atoms with Gasteiger partial charge in [0.05, 0.1) is 0 Å². The SMILES string of the molecule is Cl.Cl.FC(F)(F)CC[C@H](c1ccccc1OCc1ccccc1)N1CCNCC1. The van der Waals surface area contributed by atoms with Crippen LogP contribution in [-0.2, 0) is 6.61 Å². The average Bonchev–Trinajstić information content (AvgIpc) is 2.68. The largest absolute Gasteiger partial charge is 0.489 e. The molecule has 2 aromatic rings. The van der Waals surface area contributed by atoms with E-state index in [-0.39, 0.29) is 37.3 Å². The van der Waals surface area contributed by atoms with Gasteiger partial charge >= 0.3 is 6.18 Å². The third-order valence-electron chi connectivity index (χ3n) is 4.81. The number of alkyl halides is 3. The summed E-state index contributed by atoms with van der Waals surface area (Å²) >= 11 is 0. The first kappa shape index (κ1) is 25.6. The van der Waals surface area contributed by atoms with E-state index in [1.165, 1.54) is 0 Å². The number of nitrogens with one attached hydrogen (secondary N) is 1. The summed E-state index contributed by atoms with van der Waals surface area (Å²) < 4.78 is 44.7. The van der Waals surface area contributed by atoms with Gasteiger partial charge in [-0.05, 0) is 18.1 Å². The normalized spacial score (nSPS) is 15.7. The highest BCUT2D eigenvalue weighted by atomic mass is 35.5. The molecule has 1 atom stereocenters. The van der Waals surface area contributed by atoms with Crippen molar-refractivity contribution >= 4 is 24.8 Å². The molecule has 0 aromatic heterocycles. The van der Waals surface area contributed by atoms with Crippen LogP contribution >= 0.6 is 24.8 Å². The molecular weight excluding hydrogens is 424 g/mol. The number of benzene rings is 2. The predicted molar refractivity (Wildman–Crippen MR) is 114 cm³/mol. The van der Waals surface area contributed by atoms with E-state index in [4.69, 9.17) is 4.74 Å². The third kappa shape index (κ3) is 8.05. The van der Waals surface area contributed by atoms with Crippen LogP contribution in [0.5, 0.6) is 5.75 Å². The number of para-hydroxylation sites is 1. The molecule has 1 aliphatic heterocycles. The Hall–Kier alpha value is -1.47. The molecule has 1 aliphatic rings. The minimum Gasteiger partial charge on any atom is -0.489 e. The number of nitrogens with zero attached hydrogens (tertiary/aromatic N) is 1. The van der Waals surface area contributed by atoms with E-state index in [0.717, 1.165) is 37.3 Å². The highest BCUT2D eigenvalue weighted by Gasteiger charge is 2.32. The summed E-state index contributed by atoms with van der Waals surface area (Å²) in [5.74, 6) is 0.659. The smallest absolute Gasteiger partial charge is 0.389 e. The molecule has 0 radical (unpaired) electrons. The highest BCUT2D eigenvalue weighted by Crippen LogP contribution is 2.36. The number of hydrogen-bond acceptors (Lipinski definition) is 3. The van der Waals surface area contributed by atoms with Crippen molar-refractivity contribution in [3.8, 4) is 5.75 Å². The molecule has 0 spiro atoms. The summed E-state index contributed by atoms with van der Waals surface area (Å²) in [7, 11) is 0. The van der Waals surface area contributed by atoms with Crippen LogP contribution in [0.1, 0.15) is 30.0 Å². The molecule has 0 unspecified atom stereocenters. The van der Waals surface area contributed by atoms with Crippen LogP contribution in [0.4, 0.5) is 13.2 Å². The Kier molecular flexibility index (Phi) is 10.8. The van der Waals surface area contributed by atoms with E-state index >= 15 is 0 Å². The Morgan fingerprint density at radius 1 is 0.931 bits per heavy atom. The summed E-state index contributed by atoms with van der Waals surface area (Å²) in [5, 5.41) is 3.26. The molecule has 2 aromatic carbocycles. The zero-order chi connectivity index (χ0) is 19.1. The predicted octanol–water partition coefficient (Wildman–Crippen LogP) is 5.40. The van der Waals surface area contributed by atoms with Crippen LogP contribution in [0.3, 0.4) is 0 Å². The van der Waals surface area contributed by atoms with E-state index in [2.05, 4.69) is 10.2 Å². The minimum absolute atomic E-state index is 0. The van der Waals surface area contributed by atoms with Crippen LogP contribution in [-0.4, -0.2) is 37.3 Å². The molecule has 1 saturated heterocycles. The number of piperazine rings is 1. The molecule has 1 fully saturated rings. The lowest BCUT2D eigenvalue weighted by atomic mass is 9.98. The average molecular weight is 451 g/mol. The maximum absolute atomic E-state index is 12.9. The molecule has 29 heavy (non-hydrogen) atoms. The summed E-state index contributed by atoms with van der Waals surface area (Å²) in [6, 6.07) is 16.9. The Morgan fingerprint density at radius 3 is 2.21 bits per heavy atom.